The van der Waals surface area contributed by atoms with Crippen LogP contribution >= 0.6 is 11.3 Å². The van der Waals surface area contributed by atoms with Crippen molar-refractivity contribution in [3.05, 3.63) is 35.6 Å². The number of aliphatic hydroxyl groups is 1. The monoisotopic (exact) mass is 248 g/mol. The van der Waals surface area contributed by atoms with E-state index in [1.165, 1.54) is 0 Å². The molecular formula is C12H12N2O2S. The topological polar surface area (TPSA) is 55.2 Å². The number of pyridine rings is 1. The third-order valence-corrected chi connectivity index (χ3v) is 3.91. The summed E-state index contributed by atoms with van der Waals surface area (Å²) in [5, 5.41) is 12.4. The summed E-state index contributed by atoms with van der Waals surface area (Å²) in [6.07, 6.45) is 3.54. The van der Waals surface area contributed by atoms with Crippen LogP contribution in [0.5, 0.6) is 0 Å². The van der Waals surface area contributed by atoms with E-state index in [9.17, 15) is 5.11 Å². The molecule has 5 heteroatoms. The molecule has 0 aliphatic carbocycles. The zero-order valence-corrected chi connectivity index (χ0v) is 9.98. The maximum Gasteiger partial charge on any atom is 0.125 e. The first kappa shape index (κ1) is 10.8. The molecule has 88 valence electrons. The second kappa shape index (κ2) is 4.18. The summed E-state index contributed by atoms with van der Waals surface area (Å²) in [7, 11) is 0. The van der Waals surface area contributed by atoms with Gasteiger partial charge in [-0.05, 0) is 12.1 Å². The minimum absolute atomic E-state index is 0.0865. The van der Waals surface area contributed by atoms with E-state index < -0.39 is 0 Å². The number of ether oxygens (including phenoxy) is 1. The first-order valence-electron chi connectivity index (χ1n) is 5.39. The number of aromatic nitrogens is 2. The van der Waals surface area contributed by atoms with Crippen molar-refractivity contribution < 1.29 is 9.84 Å². The summed E-state index contributed by atoms with van der Waals surface area (Å²) < 4.78 is 5.19. The second-order valence-corrected chi connectivity index (χ2v) is 5.07. The van der Waals surface area contributed by atoms with Crippen molar-refractivity contribution in [1.29, 1.82) is 0 Å². The molecule has 0 unspecified atom stereocenters. The average Bonchev–Trinajstić information content (AvgIpc) is 2.80. The maximum absolute atomic E-state index is 9.44. The van der Waals surface area contributed by atoms with E-state index in [-0.39, 0.29) is 12.0 Å². The Morgan fingerprint density at radius 2 is 2.35 bits per heavy atom. The Morgan fingerprint density at radius 3 is 2.94 bits per heavy atom. The Balaban J connectivity index is 1.93. The van der Waals surface area contributed by atoms with Gasteiger partial charge in [-0.3, -0.25) is 4.98 Å². The van der Waals surface area contributed by atoms with Gasteiger partial charge in [-0.25, -0.2) is 4.98 Å². The van der Waals surface area contributed by atoms with Gasteiger partial charge in [0, 0.05) is 23.3 Å². The standard InChI is InChI=1S/C12H12N2O2S/c15-6-12(7-16-8-12)10-5-17-11(14-10)9-2-1-3-13-4-9/h1-5,15H,6-8H2. The van der Waals surface area contributed by atoms with Crippen molar-refractivity contribution in [3.8, 4) is 10.6 Å². The molecule has 4 nitrogen and oxygen atoms in total. The Bertz CT molecular complexity index is 503. The van der Waals surface area contributed by atoms with Gasteiger partial charge in [0.2, 0.25) is 0 Å². The summed E-state index contributed by atoms with van der Waals surface area (Å²) in [5.74, 6) is 0. The highest BCUT2D eigenvalue weighted by atomic mass is 32.1. The summed E-state index contributed by atoms with van der Waals surface area (Å²) in [6, 6.07) is 3.88. The molecule has 1 aliphatic rings. The number of thiazole rings is 1. The molecule has 1 aliphatic heterocycles. The third-order valence-electron chi connectivity index (χ3n) is 3.02. The van der Waals surface area contributed by atoms with Crippen molar-refractivity contribution in [2.24, 2.45) is 0 Å². The Morgan fingerprint density at radius 1 is 1.47 bits per heavy atom. The summed E-state index contributed by atoms with van der Waals surface area (Å²) in [4.78, 5) is 8.66. The van der Waals surface area contributed by atoms with Crippen LogP contribution in [0, 0.1) is 0 Å². The largest absolute Gasteiger partial charge is 0.395 e. The molecule has 3 heterocycles. The fraction of sp³-hybridized carbons (Fsp3) is 0.333. The van der Waals surface area contributed by atoms with Gasteiger partial charge in [-0.2, -0.15) is 0 Å². The van der Waals surface area contributed by atoms with Crippen LogP contribution < -0.4 is 0 Å². The van der Waals surface area contributed by atoms with Gasteiger partial charge in [0.05, 0.1) is 30.9 Å². The molecule has 0 radical (unpaired) electrons. The molecule has 1 saturated heterocycles. The zero-order chi connectivity index (χ0) is 11.7. The summed E-state index contributed by atoms with van der Waals surface area (Å²) in [6.45, 7) is 1.20. The summed E-state index contributed by atoms with van der Waals surface area (Å²) in [5.41, 5.74) is 1.66. The molecule has 0 aromatic carbocycles. The minimum Gasteiger partial charge on any atom is -0.395 e. The predicted octanol–water partition coefficient (Wildman–Crippen LogP) is 1.47. The quantitative estimate of drug-likeness (QED) is 0.893. The van der Waals surface area contributed by atoms with Crippen LogP contribution in [-0.2, 0) is 10.2 Å². The molecule has 0 amide bonds. The summed E-state index contributed by atoms with van der Waals surface area (Å²) >= 11 is 1.58. The lowest BCUT2D eigenvalue weighted by Gasteiger charge is -2.38. The maximum atomic E-state index is 9.44. The van der Waals surface area contributed by atoms with Crippen LogP contribution in [0.15, 0.2) is 29.9 Å². The molecule has 17 heavy (non-hydrogen) atoms. The number of rotatable bonds is 3. The fourth-order valence-corrected chi connectivity index (χ4v) is 2.74. The highest BCUT2D eigenvalue weighted by Gasteiger charge is 2.42. The van der Waals surface area contributed by atoms with Crippen molar-refractivity contribution in [3.63, 3.8) is 0 Å². The Hall–Kier alpha value is -1.30. The molecular weight excluding hydrogens is 236 g/mol. The van der Waals surface area contributed by atoms with Crippen LogP contribution in [0.4, 0.5) is 0 Å². The average molecular weight is 248 g/mol. The van der Waals surface area contributed by atoms with Crippen LogP contribution in [-0.4, -0.2) is 34.9 Å². The van der Waals surface area contributed by atoms with Crippen molar-refractivity contribution in [2.75, 3.05) is 19.8 Å². The second-order valence-electron chi connectivity index (χ2n) is 4.21. The van der Waals surface area contributed by atoms with Gasteiger partial charge >= 0.3 is 0 Å². The molecule has 3 rings (SSSR count). The van der Waals surface area contributed by atoms with Gasteiger partial charge in [0.1, 0.15) is 5.01 Å². The van der Waals surface area contributed by atoms with Gasteiger partial charge in [-0.1, -0.05) is 0 Å². The lowest BCUT2D eigenvalue weighted by molar-refractivity contribution is -0.0859. The molecule has 0 spiro atoms. The molecule has 0 bridgehead atoms. The van der Waals surface area contributed by atoms with Crippen LogP contribution in [0.1, 0.15) is 5.69 Å². The van der Waals surface area contributed by atoms with E-state index in [1.807, 2.05) is 17.5 Å². The predicted molar refractivity (Wildman–Crippen MR) is 64.9 cm³/mol. The van der Waals surface area contributed by atoms with E-state index >= 15 is 0 Å². The van der Waals surface area contributed by atoms with E-state index in [1.54, 1.807) is 23.7 Å². The number of aliphatic hydroxyl groups excluding tert-OH is 1. The van der Waals surface area contributed by atoms with Gasteiger partial charge in [-0.15, -0.1) is 11.3 Å². The van der Waals surface area contributed by atoms with Crippen molar-refractivity contribution >= 4 is 11.3 Å². The Kier molecular flexibility index (Phi) is 2.66. The molecule has 2 aromatic rings. The lowest BCUT2D eigenvalue weighted by Crippen LogP contribution is -2.49. The number of hydrogen-bond donors (Lipinski definition) is 1. The smallest absolute Gasteiger partial charge is 0.125 e. The third kappa shape index (κ3) is 1.76. The molecule has 1 fully saturated rings. The highest BCUT2D eigenvalue weighted by Crippen LogP contribution is 2.34. The van der Waals surface area contributed by atoms with E-state index in [4.69, 9.17) is 4.74 Å². The van der Waals surface area contributed by atoms with Gasteiger partial charge in [0.15, 0.2) is 0 Å². The van der Waals surface area contributed by atoms with Gasteiger partial charge < -0.3 is 9.84 Å². The van der Waals surface area contributed by atoms with Crippen LogP contribution in [0.25, 0.3) is 10.6 Å². The zero-order valence-electron chi connectivity index (χ0n) is 9.17. The van der Waals surface area contributed by atoms with Crippen molar-refractivity contribution in [1.82, 2.24) is 9.97 Å². The van der Waals surface area contributed by atoms with Crippen LogP contribution in [0.3, 0.4) is 0 Å². The number of hydrogen-bond acceptors (Lipinski definition) is 5. The fourth-order valence-electron chi connectivity index (χ4n) is 1.81. The van der Waals surface area contributed by atoms with Gasteiger partial charge in [0.25, 0.3) is 0 Å². The Labute approximate surface area is 103 Å². The molecule has 1 N–H and O–H groups in total. The highest BCUT2D eigenvalue weighted by molar-refractivity contribution is 7.13. The van der Waals surface area contributed by atoms with E-state index in [2.05, 4.69) is 9.97 Å². The van der Waals surface area contributed by atoms with Crippen molar-refractivity contribution in [2.45, 2.75) is 5.41 Å². The molecule has 0 atom stereocenters. The lowest BCUT2D eigenvalue weighted by atomic mass is 9.84. The normalized spacial score (nSPS) is 17.7. The van der Waals surface area contributed by atoms with Crippen LogP contribution in [0.2, 0.25) is 0 Å². The number of nitrogens with zero attached hydrogens (tertiary/aromatic N) is 2. The first-order valence-corrected chi connectivity index (χ1v) is 6.27. The molecule has 2 aromatic heterocycles. The first-order chi connectivity index (χ1) is 8.34. The minimum atomic E-state index is -0.281. The SMILES string of the molecule is OCC1(c2csc(-c3cccnc3)n2)COC1. The molecule has 0 saturated carbocycles. The van der Waals surface area contributed by atoms with E-state index in [0.717, 1.165) is 16.3 Å². The van der Waals surface area contributed by atoms with E-state index in [0.29, 0.717) is 13.2 Å².